The Bertz CT molecular complexity index is 170. The quantitative estimate of drug-likeness (QED) is 0.631. The maximum atomic E-state index is 10.9. The standard InChI is InChI=1S/C9H16O2S/c1-7(2)11-9(5-10)6-12-4-8(9)3/h5,7-8H,4,6H2,1-3H3. The van der Waals surface area contributed by atoms with Crippen molar-refractivity contribution >= 4 is 18.0 Å². The van der Waals surface area contributed by atoms with Gasteiger partial charge in [0.15, 0.2) is 6.29 Å². The molecule has 0 amide bonds. The number of hydrogen-bond acceptors (Lipinski definition) is 3. The lowest BCUT2D eigenvalue weighted by Gasteiger charge is -2.29. The molecule has 0 aromatic rings. The molecule has 2 nitrogen and oxygen atoms in total. The Labute approximate surface area is 78.1 Å². The van der Waals surface area contributed by atoms with Gasteiger partial charge in [-0.1, -0.05) is 6.92 Å². The number of ether oxygens (including phenoxy) is 1. The van der Waals surface area contributed by atoms with Crippen LogP contribution in [-0.4, -0.2) is 29.5 Å². The van der Waals surface area contributed by atoms with Gasteiger partial charge in [-0.15, -0.1) is 0 Å². The monoisotopic (exact) mass is 188 g/mol. The lowest BCUT2D eigenvalue weighted by atomic mass is 9.94. The zero-order valence-corrected chi connectivity index (χ0v) is 8.69. The highest BCUT2D eigenvalue weighted by Gasteiger charge is 2.42. The van der Waals surface area contributed by atoms with Crippen molar-refractivity contribution in [2.24, 2.45) is 5.92 Å². The van der Waals surface area contributed by atoms with Crippen molar-refractivity contribution in [1.82, 2.24) is 0 Å². The van der Waals surface area contributed by atoms with Crippen molar-refractivity contribution in [3.63, 3.8) is 0 Å². The fraction of sp³-hybridized carbons (Fsp3) is 0.889. The third-order valence-corrected chi connectivity index (χ3v) is 3.58. The molecule has 2 atom stereocenters. The molecule has 70 valence electrons. The first-order valence-corrected chi connectivity index (χ1v) is 5.48. The molecule has 1 heterocycles. The fourth-order valence-corrected chi connectivity index (χ4v) is 2.94. The van der Waals surface area contributed by atoms with E-state index in [0.717, 1.165) is 17.8 Å². The van der Waals surface area contributed by atoms with Crippen LogP contribution >= 0.6 is 11.8 Å². The molecule has 0 radical (unpaired) electrons. The molecule has 1 aliphatic heterocycles. The highest BCUT2D eigenvalue weighted by atomic mass is 32.2. The molecule has 0 aliphatic carbocycles. The van der Waals surface area contributed by atoms with E-state index in [1.165, 1.54) is 0 Å². The Morgan fingerprint density at radius 1 is 1.67 bits per heavy atom. The fourth-order valence-electron chi connectivity index (χ4n) is 1.45. The van der Waals surface area contributed by atoms with E-state index in [-0.39, 0.29) is 6.10 Å². The Balaban J connectivity index is 2.67. The van der Waals surface area contributed by atoms with E-state index in [1.54, 1.807) is 11.8 Å². The van der Waals surface area contributed by atoms with E-state index < -0.39 is 5.60 Å². The van der Waals surface area contributed by atoms with Crippen molar-refractivity contribution in [2.75, 3.05) is 11.5 Å². The Hall–Kier alpha value is -0.0200. The van der Waals surface area contributed by atoms with Gasteiger partial charge in [-0.25, -0.2) is 0 Å². The van der Waals surface area contributed by atoms with Gasteiger partial charge in [0.05, 0.1) is 6.10 Å². The van der Waals surface area contributed by atoms with Gasteiger partial charge < -0.3 is 9.53 Å². The van der Waals surface area contributed by atoms with Crippen LogP contribution in [0.3, 0.4) is 0 Å². The van der Waals surface area contributed by atoms with Crippen LogP contribution in [-0.2, 0) is 9.53 Å². The molecule has 0 saturated carbocycles. The second-order valence-electron chi connectivity index (χ2n) is 3.66. The van der Waals surface area contributed by atoms with Crippen molar-refractivity contribution in [1.29, 1.82) is 0 Å². The molecule has 1 aliphatic rings. The second kappa shape index (κ2) is 3.79. The summed E-state index contributed by atoms with van der Waals surface area (Å²) in [6.07, 6.45) is 1.12. The van der Waals surface area contributed by atoms with E-state index in [9.17, 15) is 4.79 Å². The summed E-state index contributed by atoms with van der Waals surface area (Å²) in [6.45, 7) is 6.03. The van der Waals surface area contributed by atoms with Crippen molar-refractivity contribution in [2.45, 2.75) is 32.5 Å². The van der Waals surface area contributed by atoms with Crippen molar-refractivity contribution in [3.05, 3.63) is 0 Å². The summed E-state index contributed by atoms with van der Waals surface area (Å²) in [7, 11) is 0. The van der Waals surface area contributed by atoms with E-state index >= 15 is 0 Å². The van der Waals surface area contributed by atoms with Crippen LogP contribution in [0.5, 0.6) is 0 Å². The topological polar surface area (TPSA) is 26.3 Å². The van der Waals surface area contributed by atoms with Crippen LogP contribution in [0.2, 0.25) is 0 Å². The van der Waals surface area contributed by atoms with Crippen molar-refractivity contribution < 1.29 is 9.53 Å². The maximum Gasteiger partial charge on any atom is 0.153 e. The van der Waals surface area contributed by atoms with Crippen LogP contribution < -0.4 is 0 Å². The highest BCUT2D eigenvalue weighted by Crippen LogP contribution is 2.35. The van der Waals surface area contributed by atoms with Gasteiger partial charge >= 0.3 is 0 Å². The number of rotatable bonds is 3. The number of carbonyl (C=O) groups excluding carboxylic acids is 1. The summed E-state index contributed by atoms with van der Waals surface area (Å²) in [4.78, 5) is 10.9. The lowest BCUT2D eigenvalue weighted by molar-refractivity contribution is -0.139. The number of thioether (sulfide) groups is 1. The van der Waals surface area contributed by atoms with E-state index in [2.05, 4.69) is 6.92 Å². The van der Waals surface area contributed by atoms with Crippen LogP contribution in [0, 0.1) is 5.92 Å². The molecule has 0 aromatic carbocycles. The van der Waals surface area contributed by atoms with Gasteiger partial charge in [0.2, 0.25) is 0 Å². The Morgan fingerprint density at radius 3 is 2.67 bits per heavy atom. The predicted molar refractivity (Wildman–Crippen MR) is 51.5 cm³/mol. The van der Waals surface area contributed by atoms with Crippen LogP contribution in [0.25, 0.3) is 0 Å². The molecule has 0 aromatic heterocycles. The molecule has 0 N–H and O–H groups in total. The molecule has 1 saturated heterocycles. The summed E-state index contributed by atoms with van der Waals surface area (Å²) in [6, 6.07) is 0. The zero-order valence-electron chi connectivity index (χ0n) is 7.87. The molecule has 0 bridgehead atoms. The summed E-state index contributed by atoms with van der Waals surface area (Å²) in [5.41, 5.74) is -0.501. The maximum absolute atomic E-state index is 10.9. The van der Waals surface area contributed by atoms with Crippen LogP contribution in [0.15, 0.2) is 0 Å². The summed E-state index contributed by atoms with van der Waals surface area (Å²) in [5, 5.41) is 0. The molecule has 3 heteroatoms. The van der Waals surface area contributed by atoms with Gasteiger partial charge in [-0.2, -0.15) is 11.8 Å². The molecule has 0 spiro atoms. The van der Waals surface area contributed by atoms with Crippen LogP contribution in [0.4, 0.5) is 0 Å². The predicted octanol–water partition coefficient (Wildman–Crippen LogP) is 1.73. The SMILES string of the molecule is CC(C)OC1(C=O)CSCC1C. The minimum Gasteiger partial charge on any atom is -0.364 e. The second-order valence-corrected chi connectivity index (χ2v) is 4.69. The normalized spacial score (nSPS) is 35.8. The number of carbonyl (C=O) groups is 1. The minimum absolute atomic E-state index is 0.136. The average molecular weight is 188 g/mol. The smallest absolute Gasteiger partial charge is 0.153 e. The third kappa shape index (κ3) is 1.83. The summed E-state index contributed by atoms with van der Waals surface area (Å²) in [5.74, 6) is 2.20. The Morgan fingerprint density at radius 2 is 2.33 bits per heavy atom. The molecule has 12 heavy (non-hydrogen) atoms. The molecule has 2 unspecified atom stereocenters. The molecular formula is C9H16O2S. The Kier molecular flexibility index (Phi) is 3.18. The van der Waals surface area contributed by atoms with Crippen molar-refractivity contribution in [3.8, 4) is 0 Å². The largest absolute Gasteiger partial charge is 0.364 e. The first-order chi connectivity index (χ1) is 5.60. The lowest BCUT2D eigenvalue weighted by Crippen LogP contribution is -2.42. The molecular weight excluding hydrogens is 172 g/mol. The first kappa shape index (κ1) is 10.1. The van der Waals surface area contributed by atoms with Gasteiger partial charge in [-0.05, 0) is 19.6 Å². The van der Waals surface area contributed by atoms with Gasteiger partial charge in [0, 0.05) is 11.7 Å². The van der Waals surface area contributed by atoms with Gasteiger partial charge in [-0.3, -0.25) is 0 Å². The van der Waals surface area contributed by atoms with E-state index in [1.807, 2.05) is 13.8 Å². The first-order valence-electron chi connectivity index (χ1n) is 4.32. The van der Waals surface area contributed by atoms with E-state index in [0.29, 0.717) is 5.92 Å². The molecule has 1 fully saturated rings. The van der Waals surface area contributed by atoms with Gasteiger partial charge in [0.1, 0.15) is 5.60 Å². The van der Waals surface area contributed by atoms with Crippen LogP contribution in [0.1, 0.15) is 20.8 Å². The zero-order chi connectivity index (χ0) is 9.19. The third-order valence-electron chi connectivity index (χ3n) is 2.18. The van der Waals surface area contributed by atoms with Gasteiger partial charge in [0.25, 0.3) is 0 Å². The van der Waals surface area contributed by atoms with E-state index in [4.69, 9.17) is 4.74 Å². The average Bonchev–Trinajstić information content (AvgIpc) is 2.32. The summed E-state index contributed by atoms with van der Waals surface area (Å²) >= 11 is 1.80. The number of hydrogen-bond donors (Lipinski definition) is 0. The summed E-state index contributed by atoms with van der Waals surface area (Å²) < 4.78 is 5.67. The number of aldehydes is 1. The highest BCUT2D eigenvalue weighted by molar-refractivity contribution is 7.99. The minimum atomic E-state index is -0.501. The molecule has 1 rings (SSSR count).